The lowest BCUT2D eigenvalue weighted by molar-refractivity contribution is 1.01. The van der Waals surface area contributed by atoms with Crippen LogP contribution in [0.15, 0.2) is 255 Å². The summed E-state index contributed by atoms with van der Waals surface area (Å²) in [5.74, 6) is 0.630. The van der Waals surface area contributed by atoms with Crippen molar-refractivity contribution in [1.29, 1.82) is 0 Å². The van der Waals surface area contributed by atoms with Crippen LogP contribution in [-0.2, 0) is 0 Å². The molecule has 0 spiro atoms. The van der Waals surface area contributed by atoms with E-state index in [-0.39, 0.29) is 0 Å². The van der Waals surface area contributed by atoms with Crippen molar-refractivity contribution in [3.63, 3.8) is 0 Å². The number of hydrogen-bond acceptors (Lipinski definition) is 2. The molecule has 6 heteroatoms. The number of nitrogens with zero attached hydrogens (tertiary/aromatic N) is 6. The number of rotatable bonds is 6. The van der Waals surface area contributed by atoms with Crippen LogP contribution < -0.4 is 0 Å². The van der Waals surface area contributed by atoms with Gasteiger partial charge in [-0.1, -0.05) is 164 Å². The maximum Gasteiger partial charge on any atom is 0.235 e. The highest BCUT2D eigenvalue weighted by atomic mass is 15.2. The molecule has 0 unspecified atom stereocenters. The van der Waals surface area contributed by atoms with Gasteiger partial charge in [0, 0.05) is 71.1 Å². The lowest BCUT2D eigenvalue weighted by Crippen LogP contribution is -2.05. The number of aromatic nitrogens is 6. The predicted octanol–water partition coefficient (Wildman–Crippen LogP) is 17.4. The third kappa shape index (κ3) is 5.88. The summed E-state index contributed by atoms with van der Waals surface area (Å²) in [6.07, 6.45) is 0. The molecule has 0 N–H and O–H groups in total. The molecule has 0 aliphatic carbocycles. The molecule has 74 heavy (non-hydrogen) atoms. The van der Waals surface area contributed by atoms with Gasteiger partial charge in [-0.2, -0.15) is 0 Å². The van der Waals surface area contributed by atoms with Crippen LogP contribution in [0.5, 0.6) is 0 Å². The third-order valence-corrected chi connectivity index (χ3v) is 15.4. The summed E-state index contributed by atoms with van der Waals surface area (Å²) in [5.41, 5.74) is 17.7. The molecule has 0 saturated carbocycles. The molecule has 0 amide bonds. The fourth-order valence-electron chi connectivity index (χ4n) is 12.1. The summed E-state index contributed by atoms with van der Waals surface area (Å²) in [5, 5.41) is 10.6. The maximum atomic E-state index is 5.59. The molecule has 0 fully saturated rings. The van der Waals surface area contributed by atoms with Crippen molar-refractivity contribution in [3.05, 3.63) is 255 Å². The van der Waals surface area contributed by atoms with Crippen molar-refractivity contribution in [2.24, 2.45) is 0 Å². The Morgan fingerprint density at radius 3 is 1.15 bits per heavy atom. The van der Waals surface area contributed by atoms with Gasteiger partial charge in [-0.05, 0) is 102 Å². The van der Waals surface area contributed by atoms with Crippen molar-refractivity contribution in [1.82, 2.24) is 28.2 Å². The molecule has 11 aromatic carbocycles. The molecule has 0 bridgehead atoms. The Morgan fingerprint density at radius 2 is 0.608 bits per heavy atom. The first kappa shape index (κ1) is 40.7. The molecule has 6 nitrogen and oxygen atoms in total. The monoisotopic (exact) mass is 942 g/mol. The fraction of sp³-hybridized carbons (Fsp3) is 0. The summed E-state index contributed by atoms with van der Waals surface area (Å²) >= 11 is 0. The summed E-state index contributed by atoms with van der Waals surface area (Å²) in [6, 6.07) is 92.0. The average Bonchev–Trinajstić information content (AvgIpc) is 4.21. The highest BCUT2D eigenvalue weighted by Gasteiger charge is 2.24. The Bertz CT molecular complexity index is 4940. The predicted molar refractivity (Wildman–Crippen MR) is 308 cm³/mol. The van der Waals surface area contributed by atoms with E-state index >= 15 is 0 Å². The molecule has 5 aromatic heterocycles. The van der Waals surface area contributed by atoms with E-state index in [0.717, 1.165) is 83.1 Å². The zero-order valence-electron chi connectivity index (χ0n) is 39.9. The van der Waals surface area contributed by atoms with Gasteiger partial charge in [0.25, 0.3) is 0 Å². The second-order valence-corrected chi connectivity index (χ2v) is 19.3. The maximum absolute atomic E-state index is 5.59. The van der Waals surface area contributed by atoms with E-state index in [1.165, 1.54) is 54.5 Å². The Balaban J connectivity index is 0.847. The molecule has 0 aliphatic rings. The minimum Gasteiger partial charge on any atom is -0.309 e. The Kier molecular flexibility index (Phi) is 8.64. The van der Waals surface area contributed by atoms with Crippen LogP contribution in [0.25, 0.3) is 144 Å². The molecule has 16 rings (SSSR count). The van der Waals surface area contributed by atoms with Gasteiger partial charge in [0.1, 0.15) is 0 Å². The first-order valence-electron chi connectivity index (χ1n) is 25.2. The number of para-hydroxylation sites is 7. The summed E-state index contributed by atoms with van der Waals surface area (Å²) in [4.78, 5) is 11.0. The molecule has 0 atom stereocenters. The van der Waals surface area contributed by atoms with Crippen molar-refractivity contribution in [2.75, 3.05) is 0 Å². The van der Waals surface area contributed by atoms with Crippen LogP contribution in [0, 0.1) is 0 Å². The van der Waals surface area contributed by atoms with E-state index in [0.29, 0.717) is 5.95 Å². The minimum atomic E-state index is 0.630. The molecule has 16 aromatic rings. The van der Waals surface area contributed by atoms with Crippen molar-refractivity contribution < 1.29 is 0 Å². The van der Waals surface area contributed by atoms with E-state index in [1.54, 1.807) is 0 Å². The molecular formula is C68H42N6. The highest BCUT2D eigenvalue weighted by Crippen LogP contribution is 2.43. The van der Waals surface area contributed by atoms with Crippen LogP contribution in [-0.4, -0.2) is 28.2 Å². The molecule has 0 aliphatic heterocycles. The zero-order chi connectivity index (χ0) is 48.4. The molecule has 344 valence electrons. The largest absolute Gasteiger partial charge is 0.309 e. The van der Waals surface area contributed by atoms with Gasteiger partial charge < -0.3 is 13.7 Å². The van der Waals surface area contributed by atoms with E-state index in [1.807, 2.05) is 0 Å². The summed E-state index contributed by atoms with van der Waals surface area (Å²) in [6.45, 7) is 0. The summed E-state index contributed by atoms with van der Waals surface area (Å²) < 4.78 is 9.47. The van der Waals surface area contributed by atoms with Crippen LogP contribution in [0.2, 0.25) is 0 Å². The quantitative estimate of drug-likeness (QED) is 0.167. The van der Waals surface area contributed by atoms with Gasteiger partial charge in [-0.3, -0.25) is 4.57 Å². The van der Waals surface area contributed by atoms with E-state index in [2.05, 4.69) is 273 Å². The van der Waals surface area contributed by atoms with E-state index in [4.69, 9.17) is 9.97 Å². The second kappa shape index (κ2) is 15.7. The van der Waals surface area contributed by atoms with Crippen LogP contribution >= 0.6 is 0 Å². The first-order valence-corrected chi connectivity index (χ1v) is 25.2. The number of fused-ring (bicyclic) bond motifs is 14. The van der Waals surface area contributed by atoms with Gasteiger partial charge >= 0.3 is 0 Å². The lowest BCUT2D eigenvalue weighted by Gasteiger charge is -2.14. The SMILES string of the molecule is c1ccc(-n2c3ccccc3c3cc(-c4ccc5c(c4)c4ccccc4n5-c4ccc(-c5nc(-n6c7ccccc7c7ccc8c9ccccc9n(-c9ccccc9)c8c76)nc6ccccc56)cc4)ccc32)cc1. The van der Waals surface area contributed by atoms with Crippen molar-refractivity contribution in [2.45, 2.75) is 0 Å². The summed E-state index contributed by atoms with van der Waals surface area (Å²) in [7, 11) is 0. The first-order chi connectivity index (χ1) is 36.7. The van der Waals surface area contributed by atoms with Crippen LogP contribution in [0.1, 0.15) is 0 Å². The van der Waals surface area contributed by atoms with Crippen LogP contribution in [0.3, 0.4) is 0 Å². The van der Waals surface area contributed by atoms with Gasteiger partial charge in [0.2, 0.25) is 5.95 Å². The minimum absolute atomic E-state index is 0.630. The molecular weight excluding hydrogens is 901 g/mol. The van der Waals surface area contributed by atoms with Gasteiger partial charge in [-0.25, -0.2) is 9.97 Å². The molecule has 0 radical (unpaired) electrons. The van der Waals surface area contributed by atoms with Gasteiger partial charge in [0.05, 0.1) is 55.3 Å². The second-order valence-electron chi connectivity index (χ2n) is 19.3. The topological polar surface area (TPSA) is 45.5 Å². The highest BCUT2D eigenvalue weighted by molar-refractivity contribution is 6.24. The fourth-order valence-corrected chi connectivity index (χ4v) is 12.1. The third-order valence-electron chi connectivity index (χ3n) is 15.4. The van der Waals surface area contributed by atoms with Gasteiger partial charge in [0.15, 0.2) is 0 Å². The smallest absolute Gasteiger partial charge is 0.235 e. The Labute approximate surface area is 424 Å². The van der Waals surface area contributed by atoms with Crippen molar-refractivity contribution in [3.8, 4) is 45.4 Å². The van der Waals surface area contributed by atoms with Gasteiger partial charge in [-0.15, -0.1) is 0 Å². The number of hydrogen-bond donors (Lipinski definition) is 0. The van der Waals surface area contributed by atoms with E-state index < -0.39 is 0 Å². The Morgan fingerprint density at radius 1 is 0.230 bits per heavy atom. The number of benzene rings is 11. The molecule has 5 heterocycles. The average molecular weight is 943 g/mol. The van der Waals surface area contributed by atoms with Crippen molar-refractivity contribution >= 4 is 98.1 Å². The standard InChI is InChI=1S/C68H42N6/c1-3-17-46(18-4-1)71-59-27-13-10-23-51(59)56-41-44(33-39-63(56)71)45-34-40-64-57(42-45)52-24-11-14-28-60(52)72(64)48-35-31-43(32-36-48)65-55-25-7-12-26-58(55)69-68(70-65)74-62-30-16-9-22-50(62)54-38-37-53-49-21-8-15-29-61(49)73(66(53)67(54)74)47-19-5-2-6-20-47/h1-42H. The van der Waals surface area contributed by atoms with Crippen LogP contribution in [0.4, 0.5) is 0 Å². The molecule has 0 saturated heterocycles. The lowest BCUT2D eigenvalue weighted by atomic mass is 10.0. The normalized spacial score (nSPS) is 12.1. The Hall–Kier alpha value is -10.0. The van der Waals surface area contributed by atoms with E-state index in [9.17, 15) is 0 Å². The zero-order valence-corrected chi connectivity index (χ0v) is 39.9.